The quantitative estimate of drug-likeness (QED) is 0.840. The zero-order chi connectivity index (χ0) is 11.5. The fraction of sp³-hybridized carbons (Fsp3) is 0.583. The molecular weight excluding hydrogens is 242 g/mol. The first-order valence-electron chi connectivity index (χ1n) is 5.70. The number of ketones is 1. The Kier molecular flexibility index (Phi) is 4.00. The fourth-order valence-electron chi connectivity index (χ4n) is 2.19. The van der Waals surface area contributed by atoms with Crippen LogP contribution in [0.5, 0.6) is 0 Å². The molecule has 1 aromatic rings. The first-order valence-corrected chi connectivity index (χ1v) is 6.89. The highest BCUT2D eigenvalue weighted by molar-refractivity contribution is 7.18. The van der Waals surface area contributed by atoms with Gasteiger partial charge in [-0.2, -0.15) is 0 Å². The van der Waals surface area contributed by atoms with Crippen LogP contribution in [0.15, 0.2) is 12.1 Å². The minimum absolute atomic E-state index is 0.212. The van der Waals surface area contributed by atoms with Crippen LogP contribution in [0, 0.1) is 0 Å². The molecule has 1 saturated heterocycles. The summed E-state index contributed by atoms with van der Waals surface area (Å²) >= 11 is 7.19. The Morgan fingerprint density at radius 2 is 2.38 bits per heavy atom. The van der Waals surface area contributed by atoms with Crippen molar-refractivity contribution in [2.75, 3.05) is 0 Å². The highest BCUT2D eigenvalue weighted by atomic mass is 35.5. The number of rotatable bonds is 3. The SMILES string of the molecule is CC1CCCC(CC(=O)c2ccc(Cl)s2)N1. The Hall–Kier alpha value is -0.380. The molecule has 2 unspecified atom stereocenters. The summed E-state index contributed by atoms with van der Waals surface area (Å²) in [7, 11) is 0. The number of thiophene rings is 1. The van der Waals surface area contributed by atoms with Gasteiger partial charge in [-0.05, 0) is 31.9 Å². The van der Waals surface area contributed by atoms with E-state index in [2.05, 4.69) is 12.2 Å². The van der Waals surface area contributed by atoms with E-state index in [0.717, 1.165) is 11.3 Å². The van der Waals surface area contributed by atoms with Gasteiger partial charge in [0, 0.05) is 18.5 Å². The summed E-state index contributed by atoms with van der Waals surface area (Å²) in [6, 6.07) is 4.49. The molecule has 2 nitrogen and oxygen atoms in total. The van der Waals surface area contributed by atoms with Crippen LogP contribution in [0.3, 0.4) is 0 Å². The van der Waals surface area contributed by atoms with Gasteiger partial charge in [0.1, 0.15) is 0 Å². The van der Waals surface area contributed by atoms with Gasteiger partial charge in [0.25, 0.3) is 0 Å². The molecule has 16 heavy (non-hydrogen) atoms. The number of carbonyl (C=O) groups excluding carboxylic acids is 1. The maximum atomic E-state index is 11.9. The molecule has 1 aromatic heterocycles. The maximum Gasteiger partial charge on any atom is 0.174 e. The van der Waals surface area contributed by atoms with Gasteiger partial charge in [0.15, 0.2) is 5.78 Å². The van der Waals surface area contributed by atoms with E-state index in [1.165, 1.54) is 24.2 Å². The van der Waals surface area contributed by atoms with Crippen molar-refractivity contribution in [2.45, 2.75) is 44.7 Å². The molecule has 0 bridgehead atoms. The van der Waals surface area contributed by atoms with Gasteiger partial charge in [0.2, 0.25) is 0 Å². The summed E-state index contributed by atoms with van der Waals surface area (Å²) in [6.45, 7) is 2.18. The van der Waals surface area contributed by atoms with E-state index in [1.807, 2.05) is 6.07 Å². The molecule has 2 heterocycles. The zero-order valence-corrected chi connectivity index (χ0v) is 10.9. The smallest absolute Gasteiger partial charge is 0.174 e. The second kappa shape index (κ2) is 5.30. The number of halogens is 1. The molecule has 88 valence electrons. The molecule has 1 aliphatic heterocycles. The van der Waals surface area contributed by atoms with Gasteiger partial charge in [0.05, 0.1) is 9.21 Å². The van der Waals surface area contributed by atoms with Crippen LogP contribution in [0.1, 0.15) is 42.3 Å². The van der Waals surface area contributed by atoms with E-state index < -0.39 is 0 Å². The number of hydrogen-bond acceptors (Lipinski definition) is 3. The van der Waals surface area contributed by atoms with Gasteiger partial charge in [-0.25, -0.2) is 0 Å². The van der Waals surface area contributed by atoms with Crippen molar-refractivity contribution in [3.05, 3.63) is 21.3 Å². The van der Waals surface area contributed by atoms with Gasteiger partial charge < -0.3 is 5.32 Å². The van der Waals surface area contributed by atoms with Gasteiger partial charge in [-0.15, -0.1) is 11.3 Å². The maximum absolute atomic E-state index is 11.9. The van der Waals surface area contributed by atoms with E-state index >= 15 is 0 Å². The Bertz CT molecular complexity index is 377. The first-order chi connectivity index (χ1) is 7.65. The van der Waals surface area contributed by atoms with Crippen LogP contribution in [-0.4, -0.2) is 17.9 Å². The lowest BCUT2D eigenvalue weighted by Crippen LogP contribution is -2.41. The minimum atomic E-state index is 0.212. The second-order valence-electron chi connectivity index (χ2n) is 4.43. The Morgan fingerprint density at radius 1 is 1.56 bits per heavy atom. The summed E-state index contributed by atoms with van der Waals surface area (Å²) in [5, 5.41) is 3.47. The van der Waals surface area contributed by atoms with E-state index in [-0.39, 0.29) is 5.78 Å². The number of piperidine rings is 1. The molecule has 2 atom stereocenters. The van der Waals surface area contributed by atoms with Crippen molar-refractivity contribution in [3.8, 4) is 0 Å². The van der Waals surface area contributed by atoms with Crippen LogP contribution in [0.25, 0.3) is 0 Å². The third kappa shape index (κ3) is 3.06. The number of nitrogens with one attached hydrogen (secondary N) is 1. The minimum Gasteiger partial charge on any atom is -0.311 e. The summed E-state index contributed by atoms with van der Waals surface area (Å²) in [5.74, 6) is 0.212. The monoisotopic (exact) mass is 257 g/mol. The molecular formula is C12H16ClNOS. The molecule has 0 radical (unpaired) electrons. The second-order valence-corrected chi connectivity index (χ2v) is 6.14. The molecule has 4 heteroatoms. The van der Waals surface area contributed by atoms with Crippen molar-refractivity contribution in [1.82, 2.24) is 5.32 Å². The molecule has 1 N–H and O–H groups in total. The van der Waals surface area contributed by atoms with E-state index in [0.29, 0.717) is 22.8 Å². The lowest BCUT2D eigenvalue weighted by molar-refractivity contribution is 0.0964. The van der Waals surface area contributed by atoms with Gasteiger partial charge >= 0.3 is 0 Å². The highest BCUT2D eigenvalue weighted by Crippen LogP contribution is 2.24. The summed E-state index contributed by atoms with van der Waals surface area (Å²) in [6.07, 6.45) is 4.14. The molecule has 0 spiro atoms. The number of carbonyl (C=O) groups is 1. The Labute approximate surface area is 105 Å². The standard InChI is InChI=1S/C12H16ClNOS/c1-8-3-2-4-9(14-8)7-10(15)11-5-6-12(13)16-11/h5-6,8-9,14H,2-4,7H2,1H3. The molecule has 0 saturated carbocycles. The average Bonchev–Trinajstić information content (AvgIpc) is 2.65. The highest BCUT2D eigenvalue weighted by Gasteiger charge is 2.21. The summed E-state index contributed by atoms with van der Waals surface area (Å²) in [5.41, 5.74) is 0. The van der Waals surface area contributed by atoms with Crippen LogP contribution >= 0.6 is 22.9 Å². The lowest BCUT2D eigenvalue weighted by Gasteiger charge is -2.28. The fourth-order valence-corrected chi connectivity index (χ4v) is 3.18. The van der Waals surface area contributed by atoms with Crippen LogP contribution in [0.4, 0.5) is 0 Å². The van der Waals surface area contributed by atoms with Crippen LogP contribution in [0.2, 0.25) is 4.34 Å². The van der Waals surface area contributed by atoms with Crippen LogP contribution in [-0.2, 0) is 0 Å². The van der Waals surface area contributed by atoms with Gasteiger partial charge in [-0.1, -0.05) is 18.0 Å². The van der Waals surface area contributed by atoms with Crippen LogP contribution < -0.4 is 5.32 Å². The molecule has 2 rings (SSSR count). The Morgan fingerprint density at radius 3 is 3.00 bits per heavy atom. The average molecular weight is 258 g/mol. The molecule has 0 aromatic carbocycles. The molecule has 1 aliphatic rings. The zero-order valence-electron chi connectivity index (χ0n) is 9.33. The Balaban J connectivity index is 1.92. The number of Topliss-reactive ketones (excluding diaryl/α,β-unsaturated/α-hetero) is 1. The van der Waals surface area contributed by atoms with E-state index in [9.17, 15) is 4.79 Å². The lowest BCUT2D eigenvalue weighted by atomic mass is 9.96. The molecule has 0 amide bonds. The normalized spacial score (nSPS) is 25.6. The predicted molar refractivity (Wildman–Crippen MR) is 68.5 cm³/mol. The van der Waals surface area contributed by atoms with Crippen molar-refractivity contribution in [1.29, 1.82) is 0 Å². The van der Waals surface area contributed by atoms with Crippen molar-refractivity contribution >= 4 is 28.7 Å². The predicted octanol–water partition coefficient (Wildman–Crippen LogP) is 3.50. The summed E-state index contributed by atoms with van der Waals surface area (Å²) in [4.78, 5) is 12.7. The molecule has 0 aliphatic carbocycles. The first kappa shape index (κ1) is 12.1. The van der Waals surface area contributed by atoms with E-state index in [1.54, 1.807) is 6.07 Å². The molecule has 1 fully saturated rings. The van der Waals surface area contributed by atoms with Gasteiger partial charge in [-0.3, -0.25) is 4.79 Å². The van der Waals surface area contributed by atoms with Crippen molar-refractivity contribution < 1.29 is 4.79 Å². The van der Waals surface area contributed by atoms with E-state index in [4.69, 9.17) is 11.6 Å². The summed E-state index contributed by atoms with van der Waals surface area (Å²) < 4.78 is 0.688. The van der Waals surface area contributed by atoms with Crippen molar-refractivity contribution in [2.24, 2.45) is 0 Å². The number of hydrogen-bond donors (Lipinski definition) is 1. The topological polar surface area (TPSA) is 29.1 Å². The third-order valence-electron chi connectivity index (χ3n) is 2.99. The largest absolute Gasteiger partial charge is 0.311 e. The third-order valence-corrected chi connectivity index (χ3v) is 4.26. The van der Waals surface area contributed by atoms with Crippen molar-refractivity contribution in [3.63, 3.8) is 0 Å².